The van der Waals surface area contributed by atoms with Crippen LogP contribution in [0, 0.1) is 11.3 Å². The molecule has 0 bridgehead atoms. The molecule has 0 radical (unpaired) electrons. The van der Waals surface area contributed by atoms with Gasteiger partial charge < -0.3 is 9.47 Å². The molecule has 0 amide bonds. The molecule has 3 aromatic carbocycles. The molecule has 0 atom stereocenters. The lowest BCUT2D eigenvalue weighted by Gasteiger charge is -2.10. The van der Waals surface area contributed by atoms with Crippen LogP contribution in [-0.4, -0.2) is 6.29 Å². The van der Waals surface area contributed by atoms with Gasteiger partial charge in [-0.1, -0.05) is 28.1 Å². The largest absolute Gasteiger partial charge is 0.488 e. The Kier molecular flexibility index (Phi) is 5.67. The van der Waals surface area contributed by atoms with E-state index in [2.05, 4.69) is 22.0 Å². The first-order chi connectivity index (χ1) is 12.7. The standard InChI is InChI=1S/C21H14BrNO3/c22-18-5-10-21(17(11-18)13-24)25-14-16-3-8-20(9-4-16)26-19-6-1-15(12-23)2-7-19/h1-11,13H,14H2. The number of hydrogen-bond acceptors (Lipinski definition) is 4. The van der Waals surface area contributed by atoms with E-state index in [-0.39, 0.29) is 0 Å². The molecule has 0 aliphatic rings. The average molecular weight is 408 g/mol. The molecule has 128 valence electrons. The first kappa shape index (κ1) is 17.7. The van der Waals surface area contributed by atoms with E-state index in [0.29, 0.717) is 35.0 Å². The number of carbonyl (C=O) groups excluding carboxylic acids is 1. The molecule has 0 saturated carbocycles. The van der Waals surface area contributed by atoms with E-state index in [1.165, 1.54) is 0 Å². The number of nitriles is 1. The van der Waals surface area contributed by atoms with Crippen LogP contribution in [0.2, 0.25) is 0 Å². The van der Waals surface area contributed by atoms with Crippen molar-refractivity contribution < 1.29 is 14.3 Å². The normalized spacial score (nSPS) is 10.0. The van der Waals surface area contributed by atoms with Crippen LogP contribution in [0.1, 0.15) is 21.5 Å². The molecule has 0 N–H and O–H groups in total. The van der Waals surface area contributed by atoms with Gasteiger partial charge in [-0.25, -0.2) is 0 Å². The molecule has 3 rings (SSSR count). The lowest BCUT2D eigenvalue weighted by molar-refractivity contribution is 0.111. The van der Waals surface area contributed by atoms with E-state index in [4.69, 9.17) is 14.7 Å². The van der Waals surface area contributed by atoms with Crippen molar-refractivity contribution in [3.8, 4) is 23.3 Å². The first-order valence-corrected chi connectivity index (χ1v) is 8.62. The molecule has 26 heavy (non-hydrogen) atoms. The van der Waals surface area contributed by atoms with Crippen LogP contribution >= 0.6 is 15.9 Å². The molecule has 3 aromatic rings. The zero-order chi connectivity index (χ0) is 18.4. The average Bonchev–Trinajstić information content (AvgIpc) is 2.68. The van der Waals surface area contributed by atoms with E-state index in [1.807, 2.05) is 30.3 Å². The van der Waals surface area contributed by atoms with Gasteiger partial charge in [0.25, 0.3) is 0 Å². The van der Waals surface area contributed by atoms with Crippen molar-refractivity contribution in [2.75, 3.05) is 0 Å². The molecular formula is C21H14BrNO3. The highest BCUT2D eigenvalue weighted by molar-refractivity contribution is 9.10. The van der Waals surface area contributed by atoms with Crippen LogP contribution in [-0.2, 0) is 6.61 Å². The Morgan fingerprint density at radius 1 is 0.962 bits per heavy atom. The van der Waals surface area contributed by atoms with Crippen molar-refractivity contribution in [2.45, 2.75) is 6.61 Å². The van der Waals surface area contributed by atoms with E-state index in [9.17, 15) is 4.79 Å². The Balaban J connectivity index is 1.62. The number of hydrogen-bond donors (Lipinski definition) is 0. The minimum Gasteiger partial charge on any atom is -0.488 e. The lowest BCUT2D eigenvalue weighted by Crippen LogP contribution is -1.98. The van der Waals surface area contributed by atoms with Gasteiger partial charge in [-0.3, -0.25) is 4.79 Å². The maximum Gasteiger partial charge on any atom is 0.153 e. The number of aldehydes is 1. The molecule has 0 aromatic heterocycles. The van der Waals surface area contributed by atoms with Crippen molar-refractivity contribution in [1.82, 2.24) is 0 Å². The summed E-state index contributed by atoms with van der Waals surface area (Å²) in [4.78, 5) is 11.1. The van der Waals surface area contributed by atoms with Gasteiger partial charge >= 0.3 is 0 Å². The molecule has 0 heterocycles. The summed E-state index contributed by atoms with van der Waals surface area (Å²) >= 11 is 3.33. The third kappa shape index (κ3) is 4.50. The summed E-state index contributed by atoms with van der Waals surface area (Å²) < 4.78 is 12.3. The van der Waals surface area contributed by atoms with Crippen molar-refractivity contribution >= 4 is 22.2 Å². The molecule has 4 nitrogen and oxygen atoms in total. The van der Waals surface area contributed by atoms with Crippen molar-refractivity contribution in [2.24, 2.45) is 0 Å². The van der Waals surface area contributed by atoms with Crippen LogP contribution in [0.25, 0.3) is 0 Å². The van der Waals surface area contributed by atoms with Crippen LogP contribution in [0.3, 0.4) is 0 Å². The quantitative estimate of drug-likeness (QED) is 0.505. The molecule has 5 heteroatoms. The fourth-order valence-electron chi connectivity index (χ4n) is 2.29. The summed E-state index contributed by atoms with van der Waals surface area (Å²) in [5.74, 6) is 1.90. The Morgan fingerprint density at radius 3 is 2.23 bits per heavy atom. The summed E-state index contributed by atoms with van der Waals surface area (Å²) in [7, 11) is 0. The molecule has 0 fully saturated rings. The Bertz CT molecular complexity index is 944. The predicted molar refractivity (Wildman–Crippen MR) is 102 cm³/mol. The number of rotatable bonds is 6. The van der Waals surface area contributed by atoms with Gasteiger partial charge in [0.1, 0.15) is 23.9 Å². The number of carbonyl (C=O) groups is 1. The van der Waals surface area contributed by atoms with E-state index in [0.717, 1.165) is 16.3 Å². The number of nitrogens with zero attached hydrogens (tertiary/aromatic N) is 1. The molecule has 0 spiro atoms. The fourth-order valence-corrected chi connectivity index (χ4v) is 2.67. The zero-order valence-electron chi connectivity index (χ0n) is 13.7. The minimum absolute atomic E-state index is 0.347. The Hall–Kier alpha value is -3.10. The number of ether oxygens (including phenoxy) is 2. The van der Waals surface area contributed by atoms with Gasteiger partial charge in [-0.15, -0.1) is 0 Å². The number of halogens is 1. The molecule has 0 aliphatic heterocycles. The topological polar surface area (TPSA) is 59.3 Å². The molecule has 0 aliphatic carbocycles. The van der Waals surface area contributed by atoms with E-state index >= 15 is 0 Å². The third-order valence-electron chi connectivity index (χ3n) is 3.64. The van der Waals surface area contributed by atoms with Crippen molar-refractivity contribution in [3.05, 3.63) is 87.9 Å². The second kappa shape index (κ2) is 8.32. The summed E-state index contributed by atoms with van der Waals surface area (Å²) in [6, 6.07) is 21.8. The first-order valence-electron chi connectivity index (χ1n) is 7.82. The van der Waals surface area contributed by atoms with Crippen LogP contribution < -0.4 is 9.47 Å². The summed E-state index contributed by atoms with van der Waals surface area (Å²) in [6.07, 6.45) is 0.772. The smallest absolute Gasteiger partial charge is 0.153 e. The fraction of sp³-hybridized carbons (Fsp3) is 0.0476. The van der Waals surface area contributed by atoms with Gasteiger partial charge in [0, 0.05) is 4.47 Å². The van der Waals surface area contributed by atoms with Gasteiger partial charge in [-0.2, -0.15) is 5.26 Å². The summed E-state index contributed by atoms with van der Waals surface area (Å²) in [5.41, 5.74) is 2.05. The highest BCUT2D eigenvalue weighted by Crippen LogP contribution is 2.24. The number of benzene rings is 3. The van der Waals surface area contributed by atoms with Crippen molar-refractivity contribution in [3.63, 3.8) is 0 Å². The monoisotopic (exact) mass is 407 g/mol. The van der Waals surface area contributed by atoms with E-state index in [1.54, 1.807) is 36.4 Å². The van der Waals surface area contributed by atoms with Crippen LogP contribution in [0.5, 0.6) is 17.2 Å². The van der Waals surface area contributed by atoms with Gasteiger partial charge in [-0.05, 0) is 60.2 Å². The molecule has 0 unspecified atom stereocenters. The molecular weight excluding hydrogens is 394 g/mol. The maximum atomic E-state index is 11.1. The second-order valence-electron chi connectivity index (χ2n) is 5.47. The minimum atomic E-state index is 0.347. The predicted octanol–water partition coefficient (Wildman–Crippen LogP) is 5.50. The molecule has 0 saturated heterocycles. The SMILES string of the molecule is N#Cc1ccc(Oc2ccc(COc3ccc(Br)cc3C=O)cc2)cc1. The van der Waals surface area contributed by atoms with Gasteiger partial charge in [0.2, 0.25) is 0 Å². The third-order valence-corrected chi connectivity index (χ3v) is 4.13. The zero-order valence-corrected chi connectivity index (χ0v) is 15.3. The second-order valence-corrected chi connectivity index (χ2v) is 6.39. The highest BCUT2D eigenvalue weighted by Gasteiger charge is 2.05. The van der Waals surface area contributed by atoms with Crippen LogP contribution in [0.15, 0.2) is 71.2 Å². The summed E-state index contributed by atoms with van der Waals surface area (Å²) in [6.45, 7) is 0.347. The Labute approximate surface area is 159 Å². The van der Waals surface area contributed by atoms with Crippen LogP contribution in [0.4, 0.5) is 0 Å². The van der Waals surface area contributed by atoms with Crippen molar-refractivity contribution in [1.29, 1.82) is 5.26 Å². The van der Waals surface area contributed by atoms with Gasteiger partial charge in [0.05, 0.1) is 17.2 Å². The van der Waals surface area contributed by atoms with E-state index < -0.39 is 0 Å². The maximum absolute atomic E-state index is 11.1. The highest BCUT2D eigenvalue weighted by atomic mass is 79.9. The summed E-state index contributed by atoms with van der Waals surface area (Å²) in [5, 5.41) is 8.80. The Morgan fingerprint density at radius 2 is 1.62 bits per heavy atom. The lowest BCUT2D eigenvalue weighted by atomic mass is 10.2. The van der Waals surface area contributed by atoms with Gasteiger partial charge in [0.15, 0.2) is 6.29 Å².